The molecule has 1 heterocycles. The quantitative estimate of drug-likeness (QED) is 0.594. The molecule has 0 aromatic carbocycles. The number of amides is 1. The van der Waals surface area contributed by atoms with E-state index in [1.165, 1.54) is 4.90 Å². The summed E-state index contributed by atoms with van der Waals surface area (Å²) in [5, 5.41) is 0. The molecule has 0 aromatic rings. The van der Waals surface area contributed by atoms with Gasteiger partial charge in [0.05, 0.1) is 6.54 Å². The summed E-state index contributed by atoms with van der Waals surface area (Å²) in [4.78, 5) is 12.5. The maximum atomic E-state index is 12.6. The fourth-order valence-corrected chi connectivity index (χ4v) is 1.29. The fourth-order valence-electron chi connectivity index (χ4n) is 1.29. The minimum Gasteiger partial charge on any atom is -0.336 e. The molecule has 0 spiro atoms. The van der Waals surface area contributed by atoms with E-state index in [1.807, 2.05) is 0 Å². The van der Waals surface area contributed by atoms with E-state index >= 15 is 0 Å². The highest BCUT2D eigenvalue weighted by atomic mass is 19.3. The Morgan fingerprint density at radius 3 is 2.42 bits per heavy atom. The molecule has 0 unspecified atom stereocenters. The van der Waals surface area contributed by atoms with Gasteiger partial charge in [-0.05, 0) is 0 Å². The molecule has 1 amide bonds. The SMILES string of the molecule is CC(C)C(=O)N1CCC(F)(F)C1. The van der Waals surface area contributed by atoms with E-state index in [4.69, 9.17) is 0 Å². The zero-order chi connectivity index (χ0) is 9.35. The average molecular weight is 177 g/mol. The summed E-state index contributed by atoms with van der Waals surface area (Å²) in [7, 11) is 0. The van der Waals surface area contributed by atoms with E-state index in [0.29, 0.717) is 0 Å². The lowest BCUT2D eigenvalue weighted by Crippen LogP contribution is -2.34. The summed E-state index contributed by atoms with van der Waals surface area (Å²) in [6.45, 7) is 3.24. The molecule has 4 heteroatoms. The van der Waals surface area contributed by atoms with Crippen molar-refractivity contribution in [1.29, 1.82) is 0 Å². The first-order valence-corrected chi connectivity index (χ1v) is 4.09. The van der Waals surface area contributed by atoms with Crippen LogP contribution in [-0.2, 0) is 4.79 Å². The summed E-state index contributed by atoms with van der Waals surface area (Å²) in [6, 6.07) is 0. The molecule has 0 aliphatic carbocycles. The minimum atomic E-state index is -2.66. The minimum absolute atomic E-state index is 0.174. The number of halogens is 2. The van der Waals surface area contributed by atoms with Gasteiger partial charge in [-0.2, -0.15) is 0 Å². The summed E-state index contributed by atoms with van der Waals surface area (Å²) in [5.41, 5.74) is 0. The first-order valence-electron chi connectivity index (χ1n) is 4.09. The summed E-state index contributed by atoms with van der Waals surface area (Å²) < 4.78 is 25.2. The molecule has 1 aliphatic heterocycles. The van der Waals surface area contributed by atoms with Crippen LogP contribution in [0.25, 0.3) is 0 Å². The lowest BCUT2D eigenvalue weighted by molar-refractivity contribution is -0.134. The summed E-state index contributed by atoms with van der Waals surface area (Å²) in [5.74, 6) is -3.02. The Hall–Kier alpha value is -0.670. The van der Waals surface area contributed by atoms with Crippen LogP contribution < -0.4 is 0 Å². The first kappa shape index (κ1) is 9.42. The van der Waals surface area contributed by atoms with Crippen molar-refractivity contribution < 1.29 is 13.6 Å². The highest BCUT2D eigenvalue weighted by Crippen LogP contribution is 2.27. The third-order valence-corrected chi connectivity index (χ3v) is 1.98. The van der Waals surface area contributed by atoms with Crippen molar-refractivity contribution >= 4 is 5.91 Å². The smallest absolute Gasteiger partial charge is 0.267 e. The van der Waals surface area contributed by atoms with Gasteiger partial charge in [0.1, 0.15) is 0 Å². The molecule has 0 atom stereocenters. The van der Waals surface area contributed by atoms with Gasteiger partial charge in [-0.1, -0.05) is 13.8 Å². The third kappa shape index (κ3) is 1.93. The second-order valence-electron chi connectivity index (χ2n) is 3.52. The van der Waals surface area contributed by atoms with Crippen LogP contribution in [0.5, 0.6) is 0 Å². The van der Waals surface area contributed by atoms with Crippen LogP contribution >= 0.6 is 0 Å². The van der Waals surface area contributed by atoms with Crippen LogP contribution in [0.15, 0.2) is 0 Å². The van der Waals surface area contributed by atoms with Crippen molar-refractivity contribution in [2.45, 2.75) is 26.2 Å². The van der Waals surface area contributed by atoms with Gasteiger partial charge in [0.15, 0.2) is 0 Å². The Morgan fingerprint density at radius 2 is 2.08 bits per heavy atom. The first-order chi connectivity index (χ1) is 5.42. The number of hydrogen-bond donors (Lipinski definition) is 0. The third-order valence-electron chi connectivity index (χ3n) is 1.98. The molecule has 12 heavy (non-hydrogen) atoms. The van der Waals surface area contributed by atoms with Crippen molar-refractivity contribution in [3.8, 4) is 0 Å². The van der Waals surface area contributed by atoms with Crippen molar-refractivity contribution in [1.82, 2.24) is 4.90 Å². The van der Waals surface area contributed by atoms with Gasteiger partial charge in [0, 0.05) is 18.9 Å². The lowest BCUT2D eigenvalue weighted by atomic mass is 10.2. The number of hydrogen-bond acceptors (Lipinski definition) is 1. The van der Waals surface area contributed by atoms with Crippen LogP contribution in [0.3, 0.4) is 0 Å². The molecule has 2 nitrogen and oxygen atoms in total. The Kier molecular flexibility index (Phi) is 2.35. The Bertz CT molecular complexity index is 191. The zero-order valence-electron chi connectivity index (χ0n) is 7.31. The zero-order valence-corrected chi connectivity index (χ0v) is 7.31. The predicted octanol–water partition coefficient (Wildman–Crippen LogP) is 1.51. The highest BCUT2D eigenvalue weighted by Gasteiger charge is 2.40. The van der Waals surface area contributed by atoms with Gasteiger partial charge in [-0.25, -0.2) is 8.78 Å². The number of carbonyl (C=O) groups excluding carboxylic acids is 1. The number of rotatable bonds is 1. The monoisotopic (exact) mass is 177 g/mol. The maximum Gasteiger partial charge on any atom is 0.267 e. The Morgan fingerprint density at radius 1 is 1.50 bits per heavy atom. The molecular weight excluding hydrogens is 164 g/mol. The average Bonchev–Trinajstić information content (AvgIpc) is 2.28. The number of alkyl halides is 2. The molecule has 0 saturated carbocycles. The van der Waals surface area contributed by atoms with Crippen LogP contribution in [0.2, 0.25) is 0 Å². The molecule has 1 saturated heterocycles. The molecule has 1 fully saturated rings. The van der Waals surface area contributed by atoms with Gasteiger partial charge in [0.25, 0.3) is 5.92 Å². The molecule has 1 aliphatic rings. The maximum absolute atomic E-state index is 12.6. The Balaban J connectivity index is 2.53. The van der Waals surface area contributed by atoms with Crippen molar-refractivity contribution in [3.05, 3.63) is 0 Å². The van der Waals surface area contributed by atoms with Crippen LogP contribution in [-0.4, -0.2) is 29.8 Å². The number of nitrogens with zero attached hydrogens (tertiary/aromatic N) is 1. The molecule has 0 radical (unpaired) electrons. The summed E-state index contributed by atoms with van der Waals surface area (Å²) in [6.07, 6.45) is -0.189. The van der Waals surface area contributed by atoms with E-state index in [-0.39, 0.29) is 24.8 Å². The molecule has 0 bridgehead atoms. The van der Waals surface area contributed by atoms with Crippen molar-refractivity contribution in [3.63, 3.8) is 0 Å². The molecule has 0 N–H and O–H groups in total. The topological polar surface area (TPSA) is 20.3 Å². The standard InChI is InChI=1S/C8H13F2NO/c1-6(2)7(12)11-4-3-8(9,10)5-11/h6H,3-5H2,1-2H3. The highest BCUT2D eigenvalue weighted by molar-refractivity contribution is 5.78. The van der Waals surface area contributed by atoms with Crippen LogP contribution in [0.1, 0.15) is 20.3 Å². The lowest BCUT2D eigenvalue weighted by Gasteiger charge is -2.17. The van der Waals surface area contributed by atoms with E-state index in [2.05, 4.69) is 0 Å². The van der Waals surface area contributed by atoms with Gasteiger partial charge >= 0.3 is 0 Å². The van der Waals surface area contributed by atoms with E-state index in [9.17, 15) is 13.6 Å². The molecule has 1 rings (SSSR count). The Labute approximate surface area is 70.5 Å². The fraction of sp³-hybridized carbons (Fsp3) is 0.875. The number of carbonyl (C=O) groups is 1. The van der Waals surface area contributed by atoms with Crippen molar-refractivity contribution in [2.24, 2.45) is 5.92 Å². The molecular formula is C8H13F2NO. The van der Waals surface area contributed by atoms with Gasteiger partial charge in [-0.15, -0.1) is 0 Å². The van der Waals surface area contributed by atoms with Gasteiger partial charge in [0.2, 0.25) is 5.91 Å². The van der Waals surface area contributed by atoms with Crippen LogP contribution in [0, 0.1) is 5.92 Å². The van der Waals surface area contributed by atoms with Gasteiger partial charge < -0.3 is 4.90 Å². The number of likely N-dealkylation sites (tertiary alicyclic amines) is 1. The normalized spacial score (nSPS) is 21.9. The second kappa shape index (κ2) is 2.99. The largest absolute Gasteiger partial charge is 0.336 e. The van der Waals surface area contributed by atoms with Crippen LogP contribution in [0.4, 0.5) is 8.78 Å². The predicted molar refractivity (Wildman–Crippen MR) is 41.0 cm³/mol. The molecule has 0 aromatic heterocycles. The summed E-state index contributed by atoms with van der Waals surface area (Å²) >= 11 is 0. The second-order valence-corrected chi connectivity index (χ2v) is 3.52. The van der Waals surface area contributed by atoms with E-state index in [0.717, 1.165) is 0 Å². The molecule has 70 valence electrons. The van der Waals surface area contributed by atoms with Gasteiger partial charge in [-0.3, -0.25) is 4.79 Å². The van der Waals surface area contributed by atoms with E-state index < -0.39 is 12.5 Å². The van der Waals surface area contributed by atoms with E-state index in [1.54, 1.807) is 13.8 Å². The van der Waals surface area contributed by atoms with Crippen molar-refractivity contribution in [2.75, 3.05) is 13.1 Å².